The van der Waals surface area contributed by atoms with Crippen molar-refractivity contribution in [3.05, 3.63) is 35.9 Å². The van der Waals surface area contributed by atoms with E-state index < -0.39 is 5.60 Å². The molecule has 0 saturated carbocycles. The Bertz CT molecular complexity index is 376. The van der Waals surface area contributed by atoms with Crippen molar-refractivity contribution < 1.29 is 9.90 Å². The molecule has 2 rings (SSSR count). The Morgan fingerprint density at radius 1 is 1.29 bits per heavy atom. The highest BCUT2D eigenvalue weighted by molar-refractivity contribution is 5.97. The summed E-state index contributed by atoms with van der Waals surface area (Å²) in [5.41, 5.74) is 0.219. The normalized spacial score (nSPS) is 20.1. The molecule has 1 aromatic carbocycles. The number of Topliss-reactive ketones (excluding diaryl/α,β-unsaturated/α-hetero) is 1. The Kier molecular flexibility index (Phi) is 3.60. The summed E-state index contributed by atoms with van der Waals surface area (Å²) in [4.78, 5) is 14.1. The minimum absolute atomic E-state index is 0.159. The zero-order valence-corrected chi connectivity index (χ0v) is 10.2. The van der Waals surface area contributed by atoms with E-state index in [1.807, 2.05) is 37.3 Å². The molecule has 0 unspecified atom stereocenters. The van der Waals surface area contributed by atoms with Crippen molar-refractivity contribution in [3.63, 3.8) is 0 Å². The number of piperidine rings is 1. The minimum Gasteiger partial charge on any atom is -0.390 e. The molecule has 3 nitrogen and oxygen atoms in total. The van der Waals surface area contributed by atoms with Gasteiger partial charge >= 0.3 is 0 Å². The smallest absolute Gasteiger partial charge is 0.176 e. The molecule has 0 amide bonds. The predicted octanol–water partition coefficient (Wildman–Crippen LogP) is 1.72. The summed E-state index contributed by atoms with van der Waals surface area (Å²) in [6, 6.07) is 9.38. The molecule has 1 aliphatic rings. The van der Waals surface area contributed by atoms with E-state index >= 15 is 0 Å². The number of likely N-dealkylation sites (tertiary alicyclic amines) is 1. The lowest BCUT2D eigenvalue weighted by atomic mass is 9.93. The van der Waals surface area contributed by atoms with Crippen LogP contribution in [0.1, 0.15) is 30.1 Å². The first kappa shape index (κ1) is 12.3. The molecule has 0 spiro atoms. The predicted molar refractivity (Wildman–Crippen MR) is 67.1 cm³/mol. The Labute approximate surface area is 102 Å². The topological polar surface area (TPSA) is 40.5 Å². The SMILES string of the molecule is CC1(O)CCN(CC(=O)c2ccccc2)CC1. The summed E-state index contributed by atoms with van der Waals surface area (Å²) in [6.45, 7) is 3.92. The number of carbonyl (C=O) groups excluding carboxylic acids is 1. The lowest BCUT2D eigenvalue weighted by molar-refractivity contribution is -0.00420. The maximum atomic E-state index is 12.0. The van der Waals surface area contributed by atoms with Gasteiger partial charge in [-0.3, -0.25) is 9.69 Å². The summed E-state index contributed by atoms with van der Waals surface area (Å²) >= 11 is 0. The average Bonchev–Trinajstić information content (AvgIpc) is 2.33. The van der Waals surface area contributed by atoms with Gasteiger partial charge in [0.2, 0.25) is 0 Å². The molecule has 0 bridgehead atoms. The first-order chi connectivity index (χ1) is 8.07. The van der Waals surface area contributed by atoms with Crippen molar-refractivity contribution in [3.8, 4) is 0 Å². The van der Waals surface area contributed by atoms with Gasteiger partial charge in [0.25, 0.3) is 0 Å². The van der Waals surface area contributed by atoms with Crippen molar-refractivity contribution in [2.24, 2.45) is 0 Å². The molecule has 1 saturated heterocycles. The molecular formula is C14H19NO2. The Morgan fingerprint density at radius 3 is 2.47 bits per heavy atom. The lowest BCUT2D eigenvalue weighted by Crippen LogP contribution is -2.44. The highest BCUT2D eigenvalue weighted by atomic mass is 16.3. The van der Waals surface area contributed by atoms with Crippen LogP contribution in [0.4, 0.5) is 0 Å². The zero-order chi connectivity index (χ0) is 12.3. The number of ketones is 1. The fraction of sp³-hybridized carbons (Fsp3) is 0.500. The van der Waals surface area contributed by atoms with Crippen LogP contribution in [0.3, 0.4) is 0 Å². The van der Waals surface area contributed by atoms with Gasteiger partial charge in [0.1, 0.15) is 0 Å². The molecule has 3 heteroatoms. The van der Waals surface area contributed by atoms with Crippen molar-refractivity contribution in [2.45, 2.75) is 25.4 Å². The Hall–Kier alpha value is -1.19. The monoisotopic (exact) mass is 233 g/mol. The molecule has 1 N–H and O–H groups in total. The molecule has 1 aliphatic heterocycles. The van der Waals surface area contributed by atoms with E-state index in [1.165, 1.54) is 0 Å². The largest absolute Gasteiger partial charge is 0.390 e. The second-order valence-corrected chi connectivity index (χ2v) is 5.06. The highest BCUT2D eigenvalue weighted by Crippen LogP contribution is 2.21. The zero-order valence-electron chi connectivity index (χ0n) is 10.2. The minimum atomic E-state index is -0.549. The lowest BCUT2D eigenvalue weighted by Gasteiger charge is -2.35. The second kappa shape index (κ2) is 4.98. The number of hydrogen-bond donors (Lipinski definition) is 1. The van der Waals surface area contributed by atoms with Gasteiger partial charge in [-0.2, -0.15) is 0 Å². The molecule has 0 aromatic heterocycles. The summed E-state index contributed by atoms with van der Waals surface area (Å²) in [6.07, 6.45) is 1.49. The Morgan fingerprint density at radius 2 is 1.88 bits per heavy atom. The van der Waals surface area contributed by atoms with Crippen LogP contribution in [0, 0.1) is 0 Å². The number of nitrogens with zero attached hydrogens (tertiary/aromatic N) is 1. The molecule has 17 heavy (non-hydrogen) atoms. The van der Waals surface area contributed by atoms with Gasteiger partial charge < -0.3 is 5.11 Å². The maximum Gasteiger partial charge on any atom is 0.176 e. The molecule has 0 atom stereocenters. The third kappa shape index (κ3) is 3.38. The highest BCUT2D eigenvalue weighted by Gasteiger charge is 2.28. The molecule has 0 radical (unpaired) electrons. The van der Waals surface area contributed by atoms with Crippen LogP contribution < -0.4 is 0 Å². The fourth-order valence-electron chi connectivity index (χ4n) is 2.11. The summed E-state index contributed by atoms with van der Waals surface area (Å²) in [5.74, 6) is 0.159. The third-order valence-electron chi connectivity index (χ3n) is 3.40. The summed E-state index contributed by atoms with van der Waals surface area (Å²) in [5, 5.41) is 9.83. The van der Waals surface area contributed by atoms with Crippen LogP contribution >= 0.6 is 0 Å². The van der Waals surface area contributed by atoms with Gasteiger partial charge in [0.15, 0.2) is 5.78 Å². The van der Waals surface area contributed by atoms with E-state index in [0.717, 1.165) is 31.5 Å². The van der Waals surface area contributed by atoms with Gasteiger partial charge in [-0.15, -0.1) is 0 Å². The quantitative estimate of drug-likeness (QED) is 0.808. The van der Waals surface area contributed by atoms with Gasteiger partial charge in [-0.05, 0) is 19.8 Å². The van der Waals surface area contributed by atoms with Crippen LogP contribution in [0.15, 0.2) is 30.3 Å². The summed E-state index contributed by atoms with van der Waals surface area (Å²) < 4.78 is 0. The van der Waals surface area contributed by atoms with Gasteiger partial charge in [-0.25, -0.2) is 0 Å². The molecular weight excluding hydrogens is 214 g/mol. The second-order valence-electron chi connectivity index (χ2n) is 5.06. The standard InChI is InChI=1S/C14H19NO2/c1-14(17)7-9-15(10-8-14)11-13(16)12-5-3-2-4-6-12/h2-6,17H,7-11H2,1H3. The molecule has 0 aliphatic carbocycles. The number of aliphatic hydroxyl groups is 1. The van der Waals surface area contributed by atoms with E-state index in [9.17, 15) is 9.90 Å². The average molecular weight is 233 g/mol. The van der Waals surface area contributed by atoms with Crippen molar-refractivity contribution in [1.29, 1.82) is 0 Å². The number of rotatable bonds is 3. The van der Waals surface area contributed by atoms with E-state index in [4.69, 9.17) is 0 Å². The van der Waals surface area contributed by atoms with Crippen molar-refractivity contribution >= 4 is 5.78 Å². The van der Waals surface area contributed by atoms with Crippen LogP contribution in [0.2, 0.25) is 0 Å². The van der Waals surface area contributed by atoms with Crippen LogP contribution in [-0.4, -0.2) is 41.0 Å². The first-order valence-electron chi connectivity index (χ1n) is 6.10. The van der Waals surface area contributed by atoms with E-state index in [-0.39, 0.29) is 5.78 Å². The van der Waals surface area contributed by atoms with Crippen LogP contribution in [0.5, 0.6) is 0 Å². The molecule has 1 fully saturated rings. The molecule has 92 valence electrons. The Balaban J connectivity index is 1.89. The molecule has 1 aromatic rings. The van der Waals surface area contributed by atoms with E-state index in [1.54, 1.807) is 0 Å². The van der Waals surface area contributed by atoms with Crippen molar-refractivity contribution in [2.75, 3.05) is 19.6 Å². The summed E-state index contributed by atoms with van der Waals surface area (Å²) in [7, 11) is 0. The first-order valence-corrected chi connectivity index (χ1v) is 6.10. The number of benzene rings is 1. The fourth-order valence-corrected chi connectivity index (χ4v) is 2.11. The number of carbonyl (C=O) groups is 1. The maximum absolute atomic E-state index is 12.0. The van der Waals surface area contributed by atoms with Gasteiger partial charge in [-0.1, -0.05) is 30.3 Å². The van der Waals surface area contributed by atoms with Crippen molar-refractivity contribution in [1.82, 2.24) is 4.90 Å². The molecule has 1 heterocycles. The van der Waals surface area contributed by atoms with Gasteiger partial charge in [0.05, 0.1) is 12.1 Å². The number of hydrogen-bond acceptors (Lipinski definition) is 3. The third-order valence-corrected chi connectivity index (χ3v) is 3.40. The van der Waals surface area contributed by atoms with Crippen LogP contribution in [0.25, 0.3) is 0 Å². The van der Waals surface area contributed by atoms with E-state index in [0.29, 0.717) is 6.54 Å². The van der Waals surface area contributed by atoms with Crippen LogP contribution in [-0.2, 0) is 0 Å². The van der Waals surface area contributed by atoms with Gasteiger partial charge in [0, 0.05) is 18.7 Å². The van der Waals surface area contributed by atoms with E-state index in [2.05, 4.69) is 4.90 Å².